The smallest absolute Gasteiger partial charge is 0.121 e. The lowest BCUT2D eigenvalue weighted by atomic mass is 9.91. The molecule has 0 bridgehead atoms. The van der Waals surface area contributed by atoms with Gasteiger partial charge in [-0.25, -0.2) is 4.98 Å². The Labute approximate surface area is 114 Å². The minimum atomic E-state index is 0.985. The molecule has 0 saturated carbocycles. The predicted octanol–water partition coefficient (Wildman–Crippen LogP) is 3.04. The number of fused-ring (bicyclic) bond motifs is 2. The van der Waals surface area contributed by atoms with Crippen molar-refractivity contribution in [3.63, 3.8) is 0 Å². The van der Waals surface area contributed by atoms with Crippen molar-refractivity contribution in [3.05, 3.63) is 29.1 Å². The van der Waals surface area contributed by atoms with Crippen LogP contribution in [0, 0.1) is 0 Å². The molecule has 0 atom stereocenters. The lowest BCUT2D eigenvalue weighted by Crippen LogP contribution is -2.19. The number of rotatable bonds is 2. The van der Waals surface area contributed by atoms with Crippen molar-refractivity contribution in [1.29, 1.82) is 0 Å². The molecule has 0 spiro atoms. The second-order valence-corrected chi connectivity index (χ2v) is 6.01. The van der Waals surface area contributed by atoms with Gasteiger partial charge in [0.05, 0.1) is 17.6 Å². The molecule has 4 rings (SSSR count). The van der Waals surface area contributed by atoms with Gasteiger partial charge in [0, 0.05) is 0 Å². The van der Waals surface area contributed by atoms with Crippen molar-refractivity contribution < 1.29 is 0 Å². The van der Waals surface area contributed by atoms with Gasteiger partial charge >= 0.3 is 0 Å². The molecule has 1 aromatic heterocycles. The first-order chi connectivity index (χ1) is 9.38. The van der Waals surface area contributed by atoms with Gasteiger partial charge in [0.2, 0.25) is 0 Å². The van der Waals surface area contributed by atoms with E-state index in [4.69, 9.17) is 4.98 Å². The monoisotopic (exact) mass is 255 g/mol. The molecule has 0 radical (unpaired) electrons. The summed E-state index contributed by atoms with van der Waals surface area (Å²) in [7, 11) is 0. The fourth-order valence-electron chi connectivity index (χ4n) is 3.52. The molecule has 0 amide bonds. The van der Waals surface area contributed by atoms with Crippen molar-refractivity contribution in [3.8, 4) is 0 Å². The minimum Gasteiger partial charge on any atom is -0.341 e. The molecule has 2 aliphatic rings. The number of H-pyrrole nitrogens is 1. The number of hydrogen-bond donors (Lipinski definition) is 1. The Bertz CT molecular complexity index is 550. The zero-order valence-corrected chi connectivity index (χ0v) is 11.4. The van der Waals surface area contributed by atoms with Gasteiger partial charge in [0.15, 0.2) is 0 Å². The van der Waals surface area contributed by atoms with Crippen molar-refractivity contribution in [2.24, 2.45) is 0 Å². The summed E-state index contributed by atoms with van der Waals surface area (Å²) in [4.78, 5) is 10.8. The summed E-state index contributed by atoms with van der Waals surface area (Å²) in [5.74, 6) is 1.14. The van der Waals surface area contributed by atoms with Gasteiger partial charge in [-0.05, 0) is 74.9 Å². The van der Waals surface area contributed by atoms with Crippen LogP contribution in [-0.2, 0) is 19.4 Å². The Balaban J connectivity index is 1.66. The molecule has 2 aromatic rings. The van der Waals surface area contributed by atoms with Crippen LogP contribution in [0.2, 0.25) is 0 Å². The van der Waals surface area contributed by atoms with E-state index in [-0.39, 0.29) is 0 Å². The number of imidazole rings is 1. The van der Waals surface area contributed by atoms with Gasteiger partial charge < -0.3 is 4.98 Å². The maximum absolute atomic E-state index is 4.79. The third-order valence-corrected chi connectivity index (χ3v) is 4.57. The van der Waals surface area contributed by atoms with E-state index in [0.29, 0.717) is 0 Å². The van der Waals surface area contributed by atoms with Crippen molar-refractivity contribution in [2.75, 3.05) is 13.1 Å². The maximum Gasteiger partial charge on any atom is 0.121 e. The summed E-state index contributed by atoms with van der Waals surface area (Å²) in [6, 6.07) is 4.65. The van der Waals surface area contributed by atoms with Crippen LogP contribution in [0.15, 0.2) is 12.1 Å². The average Bonchev–Trinajstić information content (AvgIpc) is 3.05. The second kappa shape index (κ2) is 4.64. The number of hydrogen-bond acceptors (Lipinski definition) is 2. The Kier molecular flexibility index (Phi) is 2.80. The molecule has 1 aliphatic heterocycles. The van der Waals surface area contributed by atoms with Crippen LogP contribution in [0.5, 0.6) is 0 Å². The van der Waals surface area contributed by atoms with E-state index >= 15 is 0 Å². The molecule has 1 saturated heterocycles. The number of likely N-dealkylation sites (tertiary alicyclic amines) is 1. The molecule has 1 aliphatic carbocycles. The fraction of sp³-hybridized carbons (Fsp3) is 0.562. The van der Waals surface area contributed by atoms with Crippen molar-refractivity contribution >= 4 is 11.0 Å². The van der Waals surface area contributed by atoms with E-state index in [1.165, 1.54) is 68.3 Å². The first kappa shape index (κ1) is 11.5. The summed E-state index contributed by atoms with van der Waals surface area (Å²) < 4.78 is 0. The summed E-state index contributed by atoms with van der Waals surface area (Å²) in [6.07, 6.45) is 7.84. The first-order valence-electron chi connectivity index (χ1n) is 7.61. The van der Waals surface area contributed by atoms with Crippen molar-refractivity contribution in [1.82, 2.24) is 14.9 Å². The topological polar surface area (TPSA) is 31.9 Å². The van der Waals surface area contributed by atoms with Gasteiger partial charge in [0.25, 0.3) is 0 Å². The van der Waals surface area contributed by atoms with Gasteiger partial charge in [-0.3, -0.25) is 4.90 Å². The van der Waals surface area contributed by atoms with E-state index in [2.05, 4.69) is 22.0 Å². The van der Waals surface area contributed by atoms with Crippen LogP contribution in [-0.4, -0.2) is 28.0 Å². The summed E-state index contributed by atoms with van der Waals surface area (Å²) in [5.41, 5.74) is 5.46. The maximum atomic E-state index is 4.79. The Hall–Kier alpha value is -1.35. The molecule has 0 unspecified atom stereocenters. The van der Waals surface area contributed by atoms with E-state index in [9.17, 15) is 0 Å². The zero-order valence-electron chi connectivity index (χ0n) is 11.4. The van der Waals surface area contributed by atoms with E-state index in [0.717, 1.165) is 17.9 Å². The Morgan fingerprint density at radius 2 is 1.74 bits per heavy atom. The summed E-state index contributed by atoms with van der Waals surface area (Å²) in [5, 5.41) is 0. The van der Waals surface area contributed by atoms with Crippen LogP contribution >= 0.6 is 0 Å². The molecule has 19 heavy (non-hydrogen) atoms. The third kappa shape index (κ3) is 2.16. The molecule has 3 nitrogen and oxygen atoms in total. The number of nitrogens with one attached hydrogen (secondary N) is 1. The Morgan fingerprint density at radius 1 is 1.00 bits per heavy atom. The van der Waals surface area contributed by atoms with Gasteiger partial charge in [0.1, 0.15) is 5.82 Å². The highest BCUT2D eigenvalue weighted by molar-refractivity contribution is 5.77. The highest BCUT2D eigenvalue weighted by Crippen LogP contribution is 2.26. The molecule has 1 fully saturated rings. The SMILES string of the molecule is c1c2c(cc3[nH]c(CN4CCCC4)nc13)CCCC2. The normalized spacial score (nSPS) is 20.0. The van der Waals surface area contributed by atoms with Gasteiger partial charge in [-0.15, -0.1) is 0 Å². The van der Waals surface area contributed by atoms with E-state index in [1.54, 1.807) is 0 Å². The third-order valence-electron chi connectivity index (χ3n) is 4.57. The molecule has 3 heteroatoms. The number of aromatic nitrogens is 2. The summed E-state index contributed by atoms with van der Waals surface area (Å²) >= 11 is 0. The number of aryl methyl sites for hydroxylation is 2. The van der Waals surface area contributed by atoms with Crippen molar-refractivity contribution in [2.45, 2.75) is 45.1 Å². The quantitative estimate of drug-likeness (QED) is 0.894. The highest BCUT2D eigenvalue weighted by Gasteiger charge is 2.15. The van der Waals surface area contributed by atoms with Crippen LogP contribution in [0.4, 0.5) is 0 Å². The number of aromatic amines is 1. The zero-order chi connectivity index (χ0) is 12.7. The summed E-state index contributed by atoms with van der Waals surface area (Å²) in [6.45, 7) is 3.44. The molecule has 1 N–H and O–H groups in total. The van der Waals surface area contributed by atoms with Gasteiger partial charge in [-0.1, -0.05) is 0 Å². The molecular weight excluding hydrogens is 234 g/mol. The van der Waals surface area contributed by atoms with Crippen LogP contribution in [0.25, 0.3) is 11.0 Å². The molecular formula is C16H21N3. The first-order valence-corrected chi connectivity index (χ1v) is 7.61. The number of benzene rings is 1. The average molecular weight is 255 g/mol. The predicted molar refractivity (Wildman–Crippen MR) is 77.2 cm³/mol. The lowest BCUT2D eigenvalue weighted by molar-refractivity contribution is 0.324. The van der Waals surface area contributed by atoms with Crippen LogP contribution in [0.1, 0.15) is 42.6 Å². The van der Waals surface area contributed by atoms with Crippen LogP contribution < -0.4 is 0 Å². The largest absolute Gasteiger partial charge is 0.341 e. The lowest BCUT2D eigenvalue weighted by Gasteiger charge is -2.14. The number of nitrogens with zero attached hydrogens (tertiary/aromatic N) is 2. The fourth-order valence-corrected chi connectivity index (χ4v) is 3.52. The minimum absolute atomic E-state index is 0.985. The molecule has 1 aromatic carbocycles. The van der Waals surface area contributed by atoms with E-state index < -0.39 is 0 Å². The van der Waals surface area contributed by atoms with Crippen LogP contribution in [0.3, 0.4) is 0 Å². The Morgan fingerprint density at radius 3 is 2.53 bits per heavy atom. The van der Waals surface area contributed by atoms with Gasteiger partial charge in [-0.2, -0.15) is 0 Å². The second-order valence-electron chi connectivity index (χ2n) is 6.01. The van der Waals surface area contributed by atoms with E-state index in [1.807, 2.05) is 0 Å². The highest BCUT2D eigenvalue weighted by atomic mass is 15.2. The molecule has 2 heterocycles. The molecule has 100 valence electrons. The standard InChI is InChI=1S/C16H21N3/c1-2-6-13-10-15-14(9-12(13)5-1)17-16(18-15)11-19-7-3-4-8-19/h9-10H,1-8,11H2,(H,17,18).